The molecule has 0 aliphatic carbocycles. The second-order valence-corrected chi connectivity index (χ2v) is 5.43. The molecule has 6 heteroatoms. The number of carbonyl (C=O) groups excluding carboxylic acids is 2. The van der Waals surface area contributed by atoms with E-state index >= 15 is 0 Å². The molecule has 126 valence electrons. The molecule has 0 aromatic heterocycles. The summed E-state index contributed by atoms with van der Waals surface area (Å²) in [6.07, 6.45) is 4.32. The Labute approximate surface area is 149 Å². The first-order valence-electron chi connectivity index (χ1n) is 7.20. The molecule has 2 rings (SSSR count). The van der Waals surface area contributed by atoms with Crippen LogP contribution in [-0.4, -0.2) is 22.8 Å². The Balaban J connectivity index is 2.28. The predicted molar refractivity (Wildman–Crippen MR) is 96.5 cm³/mol. The van der Waals surface area contributed by atoms with Crippen LogP contribution in [0.5, 0.6) is 0 Å². The minimum absolute atomic E-state index is 0.116. The molecule has 0 atom stereocenters. The van der Waals surface area contributed by atoms with E-state index in [4.69, 9.17) is 11.6 Å². The summed E-state index contributed by atoms with van der Waals surface area (Å²) in [5.41, 5.74) is 0.552. The van der Waals surface area contributed by atoms with Gasteiger partial charge >= 0.3 is 5.97 Å². The summed E-state index contributed by atoms with van der Waals surface area (Å²) in [4.78, 5) is 35.6. The van der Waals surface area contributed by atoms with Crippen molar-refractivity contribution in [2.24, 2.45) is 0 Å². The number of rotatable bonds is 6. The molecule has 1 amide bonds. The number of hydrogen-bond acceptors (Lipinski definition) is 3. The molecule has 0 spiro atoms. The molecular formula is C19H14ClNO4. The van der Waals surface area contributed by atoms with Crippen molar-refractivity contribution in [3.05, 3.63) is 89.0 Å². The van der Waals surface area contributed by atoms with Crippen LogP contribution in [0.1, 0.15) is 31.1 Å². The first-order valence-corrected chi connectivity index (χ1v) is 7.58. The lowest BCUT2D eigenvalue weighted by Gasteiger charge is -2.09. The molecule has 0 aliphatic heterocycles. The number of halogens is 1. The van der Waals surface area contributed by atoms with Crippen molar-refractivity contribution in [2.75, 3.05) is 5.32 Å². The van der Waals surface area contributed by atoms with E-state index in [0.717, 1.165) is 0 Å². The molecule has 0 aliphatic rings. The molecule has 5 nitrogen and oxygen atoms in total. The zero-order chi connectivity index (χ0) is 18.4. The van der Waals surface area contributed by atoms with Crippen molar-refractivity contribution in [1.29, 1.82) is 0 Å². The smallest absolute Gasteiger partial charge is 0.337 e. The third-order valence-electron chi connectivity index (χ3n) is 3.25. The number of amides is 1. The minimum atomic E-state index is -1.21. The Kier molecular flexibility index (Phi) is 5.87. The number of ketones is 1. The van der Waals surface area contributed by atoms with Gasteiger partial charge in [0.1, 0.15) is 0 Å². The standard InChI is InChI=1S/C19H14ClNO4/c1-2-3-7-17(22)12-5-4-6-13(10-12)18(23)21-16-9-8-14(20)11-15(16)19(24)25/h2-11H,1H2,(H,21,23)(H,24,25)/b7-3+. The Hall–Kier alpha value is -3.18. The SMILES string of the molecule is C=C/C=C/C(=O)c1cccc(C(=O)Nc2ccc(Cl)cc2C(=O)O)c1. The highest BCUT2D eigenvalue weighted by Crippen LogP contribution is 2.21. The monoisotopic (exact) mass is 355 g/mol. The number of benzene rings is 2. The molecule has 0 fully saturated rings. The van der Waals surface area contributed by atoms with Gasteiger partial charge in [0, 0.05) is 16.1 Å². The number of carboxylic acid groups (broad SMARTS) is 1. The Bertz CT molecular complexity index is 887. The van der Waals surface area contributed by atoms with Gasteiger partial charge in [-0.05, 0) is 36.4 Å². The summed E-state index contributed by atoms with van der Waals surface area (Å²) in [5.74, 6) is -2.02. The van der Waals surface area contributed by atoms with Gasteiger partial charge in [-0.1, -0.05) is 42.5 Å². The molecule has 2 aromatic carbocycles. The van der Waals surface area contributed by atoms with Crippen LogP contribution in [0.3, 0.4) is 0 Å². The van der Waals surface area contributed by atoms with Gasteiger partial charge in [0.2, 0.25) is 0 Å². The van der Waals surface area contributed by atoms with E-state index < -0.39 is 11.9 Å². The predicted octanol–water partition coefficient (Wildman–Crippen LogP) is 4.22. The maximum absolute atomic E-state index is 12.4. The average molecular weight is 356 g/mol. The van der Waals surface area contributed by atoms with Crippen LogP contribution in [0.2, 0.25) is 5.02 Å². The van der Waals surface area contributed by atoms with Gasteiger partial charge in [-0.3, -0.25) is 9.59 Å². The lowest BCUT2D eigenvalue weighted by atomic mass is 10.1. The first kappa shape index (κ1) is 18.2. The Morgan fingerprint density at radius 2 is 1.80 bits per heavy atom. The minimum Gasteiger partial charge on any atom is -0.478 e. The molecule has 0 saturated carbocycles. The molecule has 0 radical (unpaired) electrons. The summed E-state index contributed by atoms with van der Waals surface area (Å²) < 4.78 is 0. The van der Waals surface area contributed by atoms with Gasteiger partial charge < -0.3 is 10.4 Å². The summed E-state index contributed by atoms with van der Waals surface area (Å²) in [6, 6.07) is 10.2. The zero-order valence-electron chi connectivity index (χ0n) is 13.0. The van der Waals surface area contributed by atoms with Gasteiger partial charge in [0.15, 0.2) is 5.78 Å². The van der Waals surface area contributed by atoms with E-state index in [1.165, 1.54) is 48.6 Å². The lowest BCUT2D eigenvalue weighted by molar-refractivity contribution is 0.0698. The molecule has 2 N–H and O–H groups in total. The van der Waals surface area contributed by atoms with Crippen LogP contribution >= 0.6 is 11.6 Å². The van der Waals surface area contributed by atoms with Crippen molar-refractivity contribution in [3.63, 3.8) is 0 Å². The molecule has 0 bridgehead atoms. The quantitative estimate of drug-likeness (QED) is 0.461. The van der Waals surface area contributed by atoms with Gasteiger partial charge in [0.25, 0.3) is 5.91 Å². The molecule has 0 heterocycles. The molecule has 25 heavy (non-hydrogen) atoms. The van der Waals surface area contributed by atoms with E-state index in [1.54, 1.807) is 12.1 Å². The first-order chi connectivity index (χ1) is 11.9. The number of anilines is 1. The fourth-order valence-corrected chi connectivity index (χ4v) is 2.23. The van der Waals surface area contributed by atoms with Gasteiger partial charge in [-0.2, -0.15) is 0 Å². The fraction of sp³-hybridized carbons (Fsp3) is 0. The molecular weight excluding hydrogens is 342 g/mol. The third-order valence-corrected chi connectivity index (χ3v) is 3.49. The number of carbonyl (C=O) groups is 3. The average Bonchev–Trinajstić information content (AvgIpc) is 2.61. The van der Waals surface area contributed by atoms with E-state index in [1.807, 2.05) is 0 Å². The Morgan fingerprint density at radius 3 is 2.48 bits per heavy atom. The largest absolute Gasteiger partial charge is 0.478 e. The number of nitrogens with one attached hydrogen (secondary N) is 1. The van der Waals surface area contributed by atoms with Crippen molar-refractivity contribution < 1.29 is 19.5 Å². The molecule has 0 saturated heterocycles. The van der Waals surface area contributed by atoms with Crippen molar-refractivity contribution in [1.82, 2.24) is 0 Å². The van der Waals surface area contributed by atoms with E-state index in [9.17, 15) is 19.5 Å². The van der Waals surface area contributed by atoms with Crippen LogP contribution in [0.15, 0.2) is 67.3 Å². The lowest BCUT2D eigenvalue weighted by Crippen LogP contribution is -2.15. The molecule has 0 unspecified atom stereocenters. The highest BCUT2D eigenvalue weighted by atomic mass is 35.5. The summed E-state index contributed by atoms with van der Waals surface area (Å²) in [7, 11) is 0. The number of carboxylic acids is 1. The number of hydrogen-bond donors (Lipinski definition) is 2. The van der Waals surface area contributed by atoms with E-state index in [2.05, 4.69) is 11.9 Å². The van der Waals surface area contributed by atoms with E-state index in [0.29, 0.717) is 5.56 Å². The highest BCUT2D eigenvalue weighted by molar-refractivity contribution is 6.31. The second kappa shape index (κ2) is 8.08. The van der Waals surface area contributed by atoms with Crippen LogP contribution in [0, 0.1) is 0 Å². The normalized spacial score (nSPS) is 10.4. The van der Waals surface area contributed by atoms with Crippen LogP contribution in [0.4, 0.5) is 5.69 Å². The third kappa shape index (κ3) is 4.65. The molecule has 2 aromatic rings. The van der Waals surface area contributed by atoms with Crippen molar-refractivity contribution in [3.8, 4) is 0 Å². The number of allylic oxidation sites excluding steroid dienone is 3. The van der Waals surface area contributed by atoms with Crippen LogP contribution in [0.25, 0.3) is 0 Å². The van der Waals surface area contributed by atoms with Gasteiger partial charge in [-0.25, -0.2) is 4.79 Å². The van der Waals surface area contributed by atoms with Gasteiger partial charge in [-0.15, -0.1) is 0 Å². The highest BCUT2D eigenvalue weighted by Gasteiger charge is 2.15. The summed E-state index contributed by atoms with van der Waals surface area (Å²) >= 11 is 5.78. The maximum Gasteiger partial charge on any atom is 0.337 e. The zero-order valence-corrected chi connectivity index (χ0v) is 13.8. The van der Waals surface area contributed by atoms with Gasteiger partial charge in [0.05, 0.1) is 11.3 Å². The topological polar surface area (TPSA) is 83.5 Å². The van der Waals surface area contributed by atoms with Crippen molar-refractivity contribution in [2.45, 2.75) is 0 Å². The van der Waals surface area contributed by atoms with Crippen LogP contribution < -0.4 is 5.32 Å². The van der Waals surface area contributed by atoms with E-state index in [-0.39, 0.29) is 27.6 Å². The Morgan fingerprint density at radius 1 is 1.08 bits per heavy atom. The summed E-state index contributed by atoms with van der Waals surface area (Å²) in [6.45, 7) is 3.49. The fourth-order valence-electron chi connectivity index (χ4n) is 2.06. The van der Waals surface area contributed by atoms with Crippen molar-refractivity contribution >= 4 is 34.9 Å². The summed E-state index contributed by atoms with van der Waals surface area (Å²) in [5, 5.41) is 12.0. The van der Waals surface area contributed by atoms with Crippen LogP contribution in [-0.2, 0) is 0 Å². The number of aromatic carboxylic acids is 1. The maximum atomic E-state index is 12.4. The second-order valence-electron chi connectivity index (χ2n) is 4.99.